The molecule has 0 spiro atoms. The Bertz CT molecular complexity index is 594. The van der Waals surface area contributed by atoms with Crippen molar-refractivity contribution >= 4 is 23.5 Å². The topological polar surface area (TPSA) is 86.7 Å². The third kappa shape index (κ3) is 4.61. The molecule has 0 atom stereocenters. The maximum absolute atomic E-state index is 12.4. The fraction of sp³-hybridized carbons (Fsp3) is 0.529. The molecule has 6 nitrogen and oxygen atoms in total. The zero-order valence-electron chi connectivity index (χ0n) is 14.0. The van der Waals surface area contributed by atoms with E-state index < -0.39 is 11.9 Å². The zero-order valence-corrected chi connectivity index (χ0v) is 14.0. The third-order valence-electron chi connectivity index (χ3n) is 3.87. The van der Waals surface area contributed by atoms with Gasteiger partial charge in [0, 0.05) is 25.7 Å². The Balaban J connectivity index is 3.16. The molecule has 23 heavy (non-hydrogen) atoms. The molecule has 0 saturated carbocycles. The second-order valence-electron chi connectivity index (χ2n) is 5.35. The molecule has 6 heteroatoms. The molecule has 0 radical (unpaired) electrons. The largest absolute Gasteiger partial charge is 0.466 e. The van der Waals surface area contributed by atoms with E-state index in [1.54, 1.807) is 0 Å². The van der Waals surface area contributed by atoms with E-state index in [2.05, 4.69) is 0 Å². The summed E-state index contributed by atoms with van der Waals surface area (Å²) in [7, 11) is 2.47. The monoisotopic (exact) mass is 322 g/mol. The predicted octanol–water partition coefficient (Wildman–Crippen LogP) is 2.07. The summed E-state index contributed by atoms with van der Waals surface area (Å²) in [5, 5.41) is 0. The minimum absolute atomic E-state index is 0.0387. The molecule has 0 aliphatic heterocycles. The van der Waals surface area contributed by atoms with Crippen molar-refractivity contribution in [1.82, 2.24) is 0 Å². The molecule has 126 valence electrons. The van der Waals surface area contributed by atoms with Gasteiger partial charge in [-0.2, -0.15) is 0 Å². The van der Waals surface area contributed by atoms with Crippen LogP contribution in [0.1, 0.15) is 46.0 Å². The molecule has 1 aliphatic rings. The Morgan fingerprint density at radius 3 is 1.83 bits per heavy atom. The van der Waals surface area contributed by atoms with Crippen molar-refractivity contribution in [3.63, 3.8) is 0 Å². The van der Waals surface area contributed by atoms with Crippen molar-refractivity contribution in [3.05, 3.63) is 22.3 Å². The Morgan fingerprint density at radius 1 is 0.870 bits per heavy atom. The van der Waals surface area contributed by atoms with Crippen LogP contribution in [-0.4, -0.2) is 37.7 Å². The normalized spacial score (nSPS) is 14.6. The minimum Gasteiger partial charge on any atom is -0.466 e. The smallest absolute Gasteiger partial charge is 0.334 e. The predicted molar refractivity (Wildman–Crippen MR) is 82.5 cm³/mol. The highest BCUT2D eigenvalue weighted by Crippen LogP contribution is 2.34. The summed E-state index contributed by atoms with van der Waals surface area (Å²) < 4.78 is 9.44. The van der Waals surface area contributed by atoms with Crippen LogP contribution in [0.4, 0.5) is 0 Å². The van der Waals surface area contributed by atoms with Crippen LogP contribution in [0, 0.1) is 0 Å². The average molecular weight is 322 g/mol. The van der Waals surface area contributed by atoms with Crippen LogP contribution in [0.5, 0.6) is 0 Å². The highest BCUT2D eigenvalue weighted by atomic mass is 16.5. The summed E-state index contributed by atoms with van der Waals surface area (Å²) >= 11 is 0. The molecule has 0 aromatic carbocycles. The van der Waals surface area contributed by atoms with E-state index in [0.717, 1.165) is 5.57 Å². The first-order chi connectivity index (χ1) is 10.8. The van der Waals surface area contributed by atoms with Gasteiger partial charge in [-0.1, -0.05) is 12.5 Å². The lowest BCUT2D eigenvalue weighted by atomic mass is 9.82. The van der Waals surface area contributed by atoms with Crippen molar-refractivity contribution in [2.45, 2.75) is 46.0 Å². The second-order valence-corrected chi connectivity index (χ2v) is 5.35. The molecule has 0 aromatic heterocycles. The molecule has 1 aliphatic carbocycles. The fourth-order valence-corrected chi connectivity index (χ4v) is 2.55. The van der Waals surface area contributed by atoms with Crippen molar-refractivity contribution in [1.29, 1.82) is 0 Å². The van der Waals surface area contributed by atoms with Gasteiger partial charge >= 0.3 is 11.9 Å². The van der Waals surface area contributed by atoms with Gasteiger partial charge in [-0.3, -0.25) is 4.79 Å². The molecule has 1 rings (SSSR count). The standard InChI is InChI=1S/C17H22O6/c1-5-11-8-13(16(20)22-3)14(17(21)23-4)9-12(11)15(19)7-6-10(2)18/h5-9H2,1-4H3. The van der Waals surface area contributed by atoms with Crippen LogP contribution >= 0.6 is 0 Å². The fourth-order valence-electron chi connectivity index (χ4n) is 2.55. The van der Waals surface area contributed by atoms with Gasteiger partial charge in [0.25, 0.3) is 0 Å². The van der Waals surface area contributed by atoms with E-state index in [9.17, 15) is 19.2 Å². The molecule has 0 unspecified atom stereocenters. The number of allylic oxidation sites excluding steroid dienone is 2. The van der Waals surface area contributed by atoms with E-state index in [-0.39, 0.29) is 48.4 Å². The number of ether oxygens (including phenoxy) is 2. The number of carbonyl (C=O) groups is 4. The summed E-state index contributed by atoms with van der Waals surface area (Å²) in [6.45, 7) is 3.31. The quantitative estimate of drug-likeness (QED) is 0.667. The van der Waals surface area contributed by atoms with Crippen LogP contribution in [-0.2, 0) is 28.7 Å². The number of ketones is 2. The summed E-state index contributed by atoms with van der Waals surface area (Å²) in [5.41, 5.74) is 1.69. The lowest BCUT2D eigenvalue weighted by Crippen LogP contribution is -2.22. The van der Waals surface area contributed by atoms with Gasteiger partial charge in [-0.25, -0.2) is 9.59 Å². The molecule has 0 heterocycles. The van der Waals surface area contributed by atoms with E-state index in [1.807, 2.05) is 6.92 Å². The Hall–Kier alpha value is -2.24. The summed E-state index contributed by atoms with van der Waals surface area (Å²) in [4.78, 5) is 47.3. The first kappa shape index (κ1) is 18.8. The number of hydrogen-bond donors (Lipinski definition) is 0. The van der Waals surface area contributed by atoms with Crippen molar-refractivity contribution in [2.24, 2.45) is 0 Å². The number of esters is 2. The van der Waals surface area contributed by atoms with Gasteiger partial charge in [-0.15, -0.1) is 0 Å². The Morgan fingerprint density at radius 2 is 1.39 bits per heavy atom. The van der Waals surface area contributed by atoms with Gasteiger partial charge in [-0.05, 0) is 18.9 Å². The van der Waals surface area contributed by atoms with E-state index in [0.29, 0.717) is 12.0 Å². The van der Waals surface area contributed by atoms with Crippen molar-refractivity contribution in [2.75, 3.05) is 14.2 Å². The molecule has 0 fully saturated rings. The number of methoxy groups -OCH3 is 2. The van der Waals surface area contributed by atoms with Gasteiger partial charge in [0.2, 0.25) is 0 Å². The van der Waals surface area contributed by atoms with E-state index in [1.165, 1.54) is 21.1 Å². The SMILES string of the molecule is CCC1=C(C(=O)CCC(C)=O)CC(C(=O)OC)=C(C(=O)OC)C1. The number of rotatable bonds is 7. The molecule has 0 amide bonds. The zero-order chi connectivity index (χ0) is 17.6. The first-order valence-corrected chi connectivity index (χ1v) is 7.47. The van der Waals surface area contributed by atoms with Crippen LogP contribution in [0.25, 0.3) is 0 Å². The molecule has 0 aromatic rings. The summed E-state index contributed by atoms with van der Waals surface area (Å²) in [5.74, 6) is -1.46. The van der Waals surface area contributed by atoms with Crippen LogP contribution in [0.2, 0.25) is 0 Å². The van der Waals surface area contributed by atoms with E-state index >= 15 is 0 Å². The van der Waals surface area contributed by atoms with Gasteiger partial charge in [0.05, 0.1) is 25.4 Å². The van der Waals surface area contributed by atoms with Crippen LogP contribution < -0.4 is 0 Å². The third-order valence-corrected chi connectivity index (χ3v) is 3.87. The van der Waals surface area contributed by atoms with Crippen LogP contribution in [0.15, 0.2) is 22.3 Å². The lowest BCUT2D eigenvalue weighted by Gasteiger charge is -2.22. The van der Waals surface area contributed by atoms with E-state index in [4.69, 9.17) is 9.47 Å². The highest BCUT2D eigenvalue weighted by Gasteiger charge is 2.31. The average Bonchev–Trinajstić information content (AvgIpc) is 2.56. The van der Waals surface area contributed by atoms with Gasteiger partial charge in [0.15, 0.2) is 5.78 Å². The van der Waals surface area contributed by atoms with Crippen LogP contribution in [0.3, 0.4) is 0 Å². The Kier molecular flexibility index (Phi) is 6.88. The van der Waals surface area contributed by atoms with Crippen molar-refractivity contribution in [3.8, 4) is 0 Å². The van der Waals surface area contributed by atoms with Gasteiger partial charge < -0.3 is 14.3 Å². The Labute approximate surface area is 135 Å². The summed E-state index contributed by atoms with van der Waals surface area (Å²) in [6.07, 6.45) is 1.08. The summed E-state index contributed by atoms with van der Waals surface area (Å²) in [6, 6.07) is 0. The molecular formula is C17H22O6. The number of Topliss-reactive ketones (excluding diaryl/α,β-unsaturated/α-hetero) is 2. The number of hydrogen-bond acceptors (Lipinski definition) is 6. The second kappa shape index (κ2) is 8.41. The lowest BCUT2D eigenvalue weighted by molar-refractivity contribution is -0.139. The van der Waals surface area contributed by atoms with Gasteiger partial charge in [0.1, 0.15) is 5.78 Å². The number of carbonyl (C=O) groups excluding carboxylic acids is 4. The molecule has 0 bridgehead atoms. The highest BCUT2D eigenvalue weighted by molar-refractivity contribution is 6.06. The molecule has 0 saturated heterocycles. The van der Waals surface area contributed by atoms with Crippen molar-refractivity contribution < 1.29 is 28.7 Å². The molecule has 0 N–H and O–H groups in total. The molecular weight excluding hydrogens is 300 g/mol. The first-order valence-electron chi connectivity index (χ1n) is 7.47. The maximum atomic E-state index is 12.4. The maximum Gasteiger partial charge on any atom is 0.334 e. The minimum atomic E-state index is -0.641.